The van der Waals surface area contributed by atoms with E-state index in [-0.39, 0.29) is 0 Å². The summed E-state index contributed by atoms with van der Waals surface area (Å²) in [5, 5.41) is 0. The summed E-state index contributed by atoms with van der Waals surface area (Å²) >= 11 is -3.64. The fourth-order valence-electron chi connectivity index (χ4n) is 3.55. The minimum absolute atomic E-state index is 1.44. The van der Waals surface area contributed by atoms with Crippen molar-refractivity contribution in [3.8, 4) is 0 Å². The molecule has 0 saturated carbocycles. The first-order valence-electron chi connectivity index (χ1n) is 7.81. The molecule has 0 fully saturated rings. The molecule has 1 heterocycles. The summed E-state index contributed by atoms with van der Waals surface area (Å²) < 4.78 is 12.2. The van der Waals surface area contributed by atoms with Crippen molar-refractivity contribution in [1.29, 1.82) is 0 Å². The Morgan fingerprint density at radius 2 is 0.833 bits per heavy atom. The molecule has 0 amide bonds. The van der Waals surface area contributed by atoms with Crippen LogP contribution in [0.3, 0.4) is 0 Å². The number of hydrogen-bond acceptors (Lipinski definition) is 0. The predicted molar refractivity (Wildman–Crippen MR) is 90.2 cm³/mol. The molecule has 1 aliphatic heterocycles. The summed E-state index contributed by atoms with van der Waals surface area (Å²) in [5.41, 5.74) is 0. The number of allylic oxidation sites excluding steroid dienone is 2. The van der Waals surface area contributed by atoms with Crippen molar-refractivity contribution < 1.29 is 0 Å². The standard InChI is InChI=1S/C4H4.4C3H7.2Sb/c1-3-4-2;4*1-3-2;;/h1-4H;4*1,3H2,2H3;;. The van der Waals surface area contributed by atoms with Gasteiger partial charge in [-0.15, -0.1) is 0 Å². The van der Waals surface area contributed by atoms with E-state index in [2.05, 4.69) is 47.9 Å². The summed E-state index contributed by atoms with van der Waals surface area (Å²) in [6, 6.07) is 0. The Kier molecular flexibility index (Phi) is 8.02. The fourth-order valence-corrected chi connectivity index (χ4v) is 82.8. The average Bonchev–Trinajstić information content (AvgIpc) is 2.34. The van der Waals surface area contributed by atoms with Crippen LogP contribution >= 0.6 is 0 Å². The molecule has 0 nitrogen and oxygen atoms in total. The van der Waals surface area contributed by atoms with Crippen LogP contribution in [0.25, 0.3) is 0 Å². The molecule has 106 valence electrons. The third-order valence-electron chi connectivity index (χ3n) is 4.07. The van der Waals surface area contributed by atoms with Crippen molar-refractivity contribution in [2.45, 2.75) is 70.8 Å². The van der Waals surface area contributed by atoms with Gasteiger partial charge in [-0.2, -0.15) is 0 Å². The first kappa shape index (κ1) is 17.2. The third kappa shape index (κ3) is 3.61. The van der Waals surface area contributed by atoms with E-state index in [4.69, 9.17) is 0 Å². The Bertz CT molecular complexity index is 319. The second kappa shape index (κ2) is 8.41. The van der Waals surface area contributed by atoms with Gasteiger partial charge in [-0.3, -0.25) is 0 Å². The van der Waals surface area contributed by atoms with E-state index >= 15 is 0 Å². The Balaban J connectivity index is 3.43. The molecular weight excluding hydrogens is 436 g/mol. The summed E-state index contributed by atoms with van der Waals surface area (Å²) in [4.78, 5) is 0. The monoisotopic (exact) mass is 466 g/mol. The maximum atomic E-state index is 2.84. The molecule has 18 heavy (non-hydrogen) atoms. The molecule has 0 atom stereocenters. The second-order valence-electron chi connectivity index (χ2n) is 5.55. The van der Waals surface area contributed by atoms with E-state index in [1.165, 1.54) is 25.7 Å². The van der Waals surface area contributed by atoms with Crippen LogP contribution in [0.2, 0.25) is 17.5 Å². The van der Waals surface area contributed by atoms with Gasteiger partial charge in [0, 0.05) is 0 Å². The van der Waals surface area contributed by atoms with Crippen molar-refractivity contribution in [3.63, 3.8) is 0 Å². The molecule has 0 aliphatic carbocycles. The normalized spacial score (nSPS) is 20.2. The zero-order valence-corrected chi connectivity index (χ0v) is 18.0. The van der Waals surface area contributed by atoms with Crippen molar-refractivity contribution in [2.75, 3.05) is 0 Å². The molecule has 0 radical (unpaired) electrons. The Labute approximate surface area is 118 Å². The Hall–Kier alpha value is 1.12. The van der Waals surface area contributed by atoms with Gasteiger partial charge in [-0.25, -0.2) is 0 Å². The molecule has 1 rings (SSSR count). The van der Waals surface area contributed by atoms with E-state index in [0.29, 0.717) is 0 Å². The molecular formula is C16H32Sb2. The van der Waals surface area contributed by atoms with Crippen LogP contribution in [0.4, 0.5) is 0 Å². The van der Waals surface area contributed by atoms with Gasteiger partial charge in [0.2, 0.25) is 0 Å². The van der Waals surface area contributed by atoms with Gasteiger partial charge in [-0.1, -0.05) is 0 Å². The molecule has 0 aromatic rings. The molecule has 0 N–H and O–H groups in total. The molecule has 1 aliphatic rings. The van der Waals surface area contributed by atoms with Crippen LogP contribution in [0, 0.1) is 0 Å². The first-order valence-corrected chi connectivity index (χ1v) is 26.8. The molecule has 2 heteroatoms. The van der Waals surface area contributed by atoms with Crippen molar-refractivity contribution >= 4 is 28.1 Å². The van der Waals surface area contributed by atoms with Gasteiger partial charge < -0.3 is 0 Å². The van der Waals surface area contributed by atoms with E-state index < -0.39 is 28.1 Å². The molecule has 0 spiro atoms. The van der Waals surface area contributed by atoms with Crippen LogP contribution in [0.5, 0.6) is 0 Å². The molecule has 0 aromatic carbocycles. The summed E-state index contributed by atoms with van der Waals surface area (Å²) in [7, 11) is 0. The van der Waals surface area contributed by atoms with Crippen LogP contribution < -0.4 is 0 Å². The molecule has 0 unspecified atom stereocenters. The average molecular weight is 468 g/mol. The maximum absolute atomic E-state index is 2.84. The third-order valence-corrected chi connectivity index (χ3v) is 77.5. The molecule has 0 aromatic heterocycles. The SMILES string of the molecule is CC[CH2][Sb]1([CH2]CC)=[Sb]([CH2]CC)([CH2]CC)[CH]=CC=[CH]1. The van der Waals surface area contributed by atoms with Crippen molar-refractivity contribution in [1.82, 2.24) is 0 Å². The van der Waals surface area contributed by atoms with Crippen LogP contribution in [-0.4, -0.2) is 28.1 Å². The second-order valence-corrected chi connectivity index (χ2v) is 54.1. The van der Waals surface area contributed by atoms with Gasteiger partial charge in [0.05, 0.1) is 0 Å². The van der Waals surface area contributed by atoms with E-state index in [1.54, 1.807) is 17.5 Å². The first-order chi connectivity index (χ1) is 8.70. The summed E-state index contributed by atoms with van der Waals surface area (Å²) in [6.45, 7) is 9.69. The fraction of sp³-hybridized carbons (Fsp3) is 0.750. The summed E-state index contributed by atoms with van der Waals surface area (Å²) in [5.74, 6) is 0. The number of hydrogen-bond donors (Lipinski definition) is 0. The van der Waals surface area contributed by atoms with Gasteiger partial charge in [0.15, 0.2) is 0 Å². The quantitative estimate of drug-likeness (QED) is 0.395. The van der Waals surface area contributed by atoms with E-state index in [0.717, 1.165) is 0 Å². The summed E-state index contributed by atoms with van der Waals surface area (Å²) in [6.07, 6.45) is 10.6. The van der Waals surface area contributed by atoms with Gasteiger partial charge in [0.25, 0.3) is 0 Å². The Morgan fingerprint density at radius 1 is 0.556 bits per heavy atom. The van der Waals surface area contributed by atoms with Gasteiger partial charge in [0.1, 0.15) is 0 Å². The predicted octanol–water partition coefficient (Wildman–Crippen LogP) is 5.81. The van der Waals surface area contributed by atoms with E-state index in [1.807, 2.05) is 0 Å². The van der Waals surface area contributed by atoms with Crippen LogP contribution in [0.15, 0.2) is 20.2 Å². The van der Waals surface area contributed by atoms with Crippen LogP contribution in [0.1, 0.15) is 53.4 Å². The molecule has 0 saturated heterocycles. The van der Waals surface area contributed by atoms with Gasteiger partial charge in [-0.05, 0) is 0 Å². The van der Waals surface area contributed by atoms with E-state index in [9.17, 15) is 0 Å². The zero-order chi connectivity index (χ0) is 13.5. The topological polar surface area (TPSA) is 0 Å². The van der Waals surface area contributed by atoms with Crippen molar-refractivity contribution in [2.24, 2.45) is 0 Å². The van der Waals surface area contributed by atoms with Crippen LogP contribution in [-0.2, 0) is 0 Å². The van der Waals surface area contributed by atoms with Crippen molar-refractivity contribution in [3.05, 3.63) is 20.2 Å². The van der Waals surface area contributed by atoms with Gasteiger partial charge >= 0.3 is 119 Å². The molecule has 0 bridgehead atoms. The zero-order valence-electron chi connectivity index (χ0n) is 12.9. The minimum atomic E-state index is -1.82. The Morgan fingerprint density at radius 3 is 1.06 bits per heavy atom. The number of rotatable bonds is 8.